The first-order valence-corrected chi connectivity index (χ1v) is 10.3. The molecule has 0 N–H and O–H groups in total. The van der Waals surface area contributed by atoms with Gasteiger partial charge in [-0.3, -0.25) is 0 Å². The van der Waals surface area contributed by atoms with Gasteiger partial charge in [0.05, 0.1) is 0 Å². The van der Waals surface area contributed by atoms with Gasteiger partial charge in [-0.05, 0) is 0 Å². The zero-order chi connectivity index (χ0) is 11.5. The van der Waals surface area contributed by atoms with Crippen LogP contribution in [0.25, 0.3) is 0 Å². The second-order valence-corrected chi connectivity index (χ2v) is 10.5. The van der Waals surface area contributed by atoms with E-state index in [1.807, 2.05) is 10.7 Å². The monoisotopic (exact) mass is 332 g/mol. The maximum atomic E-state index is 5.91. The van der Waals surface area contributed by atoms with Crippen LogP contribution in [0.5, 0.6) is 0 Å². The topological polar surface area (TPSA) is 0 Å². The summed E-state index contributed by atoms with van der Waals surface area (Å²) < 4.78 is 2.02. The van der Waals surface area contributed by atoms with Gasteiger partial charge in [-0.15, -0.1) is 0 Å². The number of hydrogen-bond acceptors (Lipinski definition) is 0. The molecule has 0 heterocycles. The molecule has 0 bridgehead atoms. The minimum absolute atomic E-state index is 0.292. The molecule has 1 aromatic carbocycles. The standard InChI is InChI=1S/C12H16.2ClH.Ru/c1-10-7-5-6-8-11(10)9-12(2,3)4;;;/h1,5-8H,9H2,2-4H3;2*1H;/q;;;+2/p-2. The van der Waals surface area contributed by atoms with Crippen LogP contribution in [0.2, 0.25) is 0 Å². The van der Waals surface area contributed by atoms with Gasteiger partial charge in [-0.1, -0.05) is 0 Å². The Balaban J connectivity index is 3.02. The molecule has 0 aromatic heterocycles. The van der Waals surface area contributed by atoms with Crippen LogP contribution in [0.15, 0.2) is 24.3 Å². The fourth-order valence-corrected chi connectivity index (χ4v) is 3.33. The molecule has 0 saturated heterocycles. The fraction of sp³-hybridized carbons (Fsp3) is 0.417. The first kappa shape index (κ1) is 13.4. The average Bonchev–Trinajstić information content (AvgIpc) is 2.05. The van der Waals surface area contributed by atoms with Crippen LogP contribution in [-0.2, 0) is 19.9 Å². The molecule has 1 rings (SSSR count). The van der Waals surface area contributed by atoms with Crippen molar-refractivity contribution in [2.24, 2.45) is 5.41 Å². The molecule has 0 aliphatic rings. The summed E-state index contributed by atoms with van der Waals surface area (Å²) in [7, 11) is 11.8. The second-order valence-electron chi connectivity index (χ2n) is 4.74. The van der Waals surface area contributed by atoms with Gasteiger partial charge in [0, 0.05) is 0 Å². The number of rotatable bonds is 2. The van der Waals surface area contributed by atoms with Crippen molar-refractivity contribution in [1.29, 1.82) is 0 Å². The Hall–Kier alpha value is 0.293. The second kappa shape index (κ2) is 5.57. The quantitative estimate of drug-likeness (QED) is 0.707. The molecule has 0 fully saturated rings. The van der Waals surface area contributed by atoms with Crippen molar-refractivity contribution in [2.45, 2.75) is 27.2 Å². The Kier molecular flexibility index (Phi) is 4.96. The van der Waals surface area contributed by atoms with Gasteiger partial charge in [-0.25, -0.2) is 0 Å². The third-order valence-corrected chi connectivity index (χ3v) is 3.80. The van der Waals surface area contributed by atoms with Gasteiger partial charge >= 0.3 is 106 Å². The average molecular weight is 332 g/mol. The van der Waals surface area contributed by atoms with Gasteiger partial charge in [0.25, 0.3) is 0 Å². The fourth-order valence-electron chi connectivity index (χ4n) is 1.45. The molecular formula is C12H16Cl2Ru. The van der Waals surface area contributed by atoms with Crippen LogP contribution in [0, 0.1) is 5.41 Å². The van der Waals surface area contributed by atoms with Gasteiger partial charge < -0.3 is 0 Å². The molecule has 0 aliphatic carbocycles. The van der Waals surface area contributed by atoms with Crippen molar-refractivity contribution >= 4 is 24.0 Å². The Morgan fingerprint density at radius 3 is 2.33 bits per heavy atom. The van der Waals surface area contributed by atoms with Crippen LogP contribution in [0.3, 0.4) is 0 Å². The van der Waals surface area contributed by atoms with Gasteiger partial charge in [0.2, 0.25) is 0 Å². The molecule has 15 heavy (non-hydrogen) atoms. The first-order chi connectivity index (χ1) is 6.88. The molecule has 0 radical (unpaired) electrons. The summed E-state index contributed by atoms with van der Waals surface area (Å²) in [5.74, 6) is 0. The Morgan fingerprint density at radius 2 is 1.80 bits per heavy atom. The molecule has 3 heteroatoms. The van der Waals surface area contributed by atoms with E-state index in [9.17, 15) is 0 Å². The van der Waals surface area contributed by atoms with Crippen molar-refractivity contribution in [2.75, 3.05) is 0 Å². The SMILES string of the molecule is CC(C)(C)Cc1ccccc1[CH]=[Ru]([Cl])[Cl]. The van der Waals surface area contributed by atoms with E-state index in [1.54, 1.807) is 0 Å². The van der Waals surface area contributed by atoms with E-state index in [0.29, 0.717) is 5.41 Å². The third kappa shape index (κ3) is 5.25. The van der Waals surface area contributed by atoms with Crippen molar-refractivity contribution in [3.63, 3.8) is 0 Å². The number of halogens is 2. The van der Waals surface area contributed by atoms with Crippen LogP contribution in [0.1, 0.15) is 31.9 Å². The van der Waals surface area contributed by atoms with Gasteiger partial charge in [0.15, 0.2) is 0 Å². The molecule has 0 nitrogen and oxygen atoms in total. The molecule has 0 unspecified atom stereocenters. The summed E-state index contributed by atoms with van der Waals surface area (Å²) in [6.45, 7) is 6.71. The van der Waals surface area contributed by atoms with Crippen molar-refractivity contribution in [3.8, 4) is 0 Å². The number of hydrogen-bond donors (Lipinski definition) is 0. The Morgan fingerprint density at radius 1 is 1.20 bits per heavy atom. The Labute approximate surface area is 105 Å². The molecule has 0 aliphatic heterocycles. The molecule has 0 spiro atoms. The van der Waals surface area contributed by atoms with Crippen LogP contribution in [-0.4, -0.2) is 4.61 Å². The van der Waals surface area contributed by atoms with E-state index < -0.39 is 13.5 Å². The molecule has 86 valence electrons. The van der Waals surface area contributed by atoms with Crippen molar-refractivity contribution in [3.05, 3.63) is 35.4 Å². The van der Waals surface area contributed by atoms with Crippen LogP contribution >= 0.6 is 19.4 Å². The maximum absolute atomic E-state index is 5.91. The van der Waals surface area contributed by atoms with E-state index in [0.717, 1.165) is 6.42 Å². The summed E-state index contributed by atoms with van der Waals surface area (Å²) in [5.41, 5.74) is 2.83. The van der Waals surface area contributed by atoms with Crippen molar-refractivity contribution in [1.82, 2.24) is 0 Å². The molecule has 0 amide bonds. The van der Waals surface area contributed by atoms with Gasteiger partial charge in [0.1, 0.15) is 0 Å². The van der Waals surface area contributed by atoms with Crippen LogP contribution in [0.4, 0.5) is 0 Å². The van der Waals surface area contributed by atoms with Gasteiger partial charge in [-0.2, -0.15) is 0 Å². The zero-order valence-corrected chi connectivity index (χ0v) is 12.5. The third-order valence-electron chi connectivity index (χ3n) is 1.96. The molecule has 1 aromatic rings. The van der Waals surface area contributed by atoms with E-state index in [2.05, 4.69) is 39.0 Å². The molecule has 0 saturated carbocycles. The summed E-state index contributed by atoms with van der Waals surface area (Å²) in [6, 6.07) is 8.34. The van der Waals surface area contributed by atoms with Crippen molar-refractivity contribution < 1.29 is 13.5 Å². The Bertz CT molecular complexity index is 360. The van der Waals surface area contributed by atoms with Crippen LogP contribution < -0.4 is 0 Å². The normalized spacial score (nSPS) is 12.5. The summed E-state index contributed by atoms with van der Waals surface area (Å²) >= 11 is -1.71. The summed E-state index contributed by atoms with van der Waals surface area (Å²) in [6.07, 6.45) is 1.05. The summed E-state index contributed by atoms with van der Waals surface area (Å²) in [5, 5.41) is 0. The predicted octanol–water partition coefficient (Wildman–Crippen LogP) is 4.35. The van der Waals surface area contributed by atoms with E-state index >= 15 is 0 Å². The predicted molar refractivity (Wildman–Crippen MR) is 66.5 cm³/mol. The van der Waals surface area contributed by atoms with E-state index in [-0.39, 0.29) is 0 Å². The minimum atomic E-state index is -1.71. The first-order valence-electron chi connectivity index (χ1n) is 4.79. The van der Waals surface area contributed by atoms with E-state index in [1.165, 1.54) is 11.1 Å². The van der Waals surface area contributed by atoms with E-state index in [4.69, 9.17) is 19.4 Å². The molecule has 0 atom stereocenters. The molecular weight excluding hydrogens is 316 g/mol. The number of benzene rings is 1. The summed E-state index contributed by atoms with van der Waals surface area (Å²) in [4.78, 5) is 0. The zero-order valence-electron chi connectivity index (χ0n) is 9.20.